The van der Waals surface area contributed by atoms with Gasteiger partial charge >= 0.3 is 0 Å². The third-order valence-corrected chi connectivity index (χ3v) is 2.48. The summed E-state index contributed by atoms with van der Waals surface area (Å²) in [6.45, 7) is 0.288. The maximum absolute atomic E-state index is 11.5. The number of anilines is 1. The minimum Gasteiger partial charge on any atom is -0.396 e. The molecule has 2 rings (SSSR count). The first kappa shape index (κ1) is 11.4. The lowest BCUT2D eigenvalue weighted by atomic mass is 10.3. The van der Waals surface area contributed by atoms with Crippen molar-refractivity contribution in [2.75, 3.05) is 12.3 Å². The number of hydrogen-bond donors (Lipinski definition) is 4. The van der Waals surface area contributed by atoms with E-state index >= 15 is 0 Å². The second kappa shape index (κ2) is 4.86. The summed E-state index contributed by atoms with van der Waals surface area (Å²) in [6.07, 6.45) is 3.76. The summed E-state index contributed by atoms with van der Waals surface area (Å²) in [7, 11) is 0. The third-order valence-electron chi connectivity index (χ3n) is 2.48. The van der Waals surface area contributed by atoms with E-state index in [0.29, 0.717) is 11.7 Å². The molecule has 1 fully saturated rings. The lowest BCUT2D eigenvalue weighted by Crippen LogP contribution is -2.32. The molecule has 92 valence electrons. The fraction of sp³-hybridized carbons (Fsp3) is 0.500. The van der Waals surface area contributed by atoms with E-state index in [4.69, 9.17) is 5.73 Å². The number of nitrogens with zero attached hydrogens (tertiary/aromatic N) is 1. The van der Waals surface area contributed by atoms with Crippen molar-refractivity contribution in [2.45, 2.75) is 25.3 Å². The average molecular weight is 237 g/mol. The topological polar surface area (TPSA) is 113 Å². The number of nitrogens with one attached hydrogen (secondary N) is 3. The van der Waals surface area contributed by atoms with E-state index in [1.807, 2.05) is 0 Å². The molecule has 0 atom stereocenters. The number of aromatic nitrogens is 2. The monoisotopic (exact) mass is 237 g/mol. The zero-order valence-corrected chi connectivity index (χ0v) is 9.32. The molecule has 7 nitrogen and oxygen atoms in total. The number of hydrogen-bond acceptors (Lipinski definition) is 4. The van der Waals surface area contributed by atoms with Gasteiger partial charge < -0.3 is 16.4 Å². The number of aromatic amines is 1. The smallest absolute Gasteiger partial charge is 0.271 e. The summed E-state index contributed by atoms with van der Waals surface area (Å²) in [6, 6.07) is 0.349. The van der Waals surface area contributed by atoms with E-state index < -0.39 is 0 Å². The SMILES string of the molecule is Nc1cn[nH]c1C(=O)NCCC(=O)NC1CC1. The molecule has 5 N–H and O–H groups in total. The number of rotatable bonds is 5. The molecule has 0 spiro atoms. The Bertz CT molecular complexity index is 424. The quantitative estimate of drug-likeness (QED) is 0.547. The Kier molecular flexibility index (Phi) is 3.27. The second-order valence-electron chi connectivity index (χ2n) is 4.05. The van der Waals surface area contributed by atoms with Crippen LogP contribution in [0.1, 0.15) is 29.8 Å². The standard InChI is InChI=1S/C10H15N5O2/c11-7-5-13-15-9(7)10(17)12-4-3-8(16)14-6-1-2-6/h5-6H,1-4,11H2,(H,12,17)(H,13,15)(H,14,16). The number of nitrogen functional groups attached to an aromatic ring is 1. The molecule has 0 aliphatic heterocycles. The number of carbonyl (C=O) groups is 2. The molecular formula is C10H15N5O2. The molecule has 1 saturated carbocycles. The van der Waals surface area contributed by atoms with Crippen molar-refractivity contribution in [3.63, 3.8) is 0 Å². The van der Waals surface area contributed by atoms with Crippen LogP contribution in [-0.4, -0.2) is 34.6 Å². The molecule has 1 aromatic heterocycles. The molecule has 7 heteroatoms. The Hall–Kier alpha value is -2.05. The van der Waals surface area contributed by atoms with Crippen LogP contribution in [0.25, 0.3) is 0 Å². The van der Waals surface area contributed by atoms with Crippen LogP contribution < -0.4 is 16.4 Å². The lowest BCUT2D eigenvalue weighted by Gasteiger charge is -2.05. The fourth-order valence-corrected chi connectivity index (χ4v) is 1.38. The zero-order chi connectivity index (χ0) is 12.3. The van der Waals surface area contributed by atoms with Crippen LogP contribution in [0.4, 0.5) is 5.69 Å². The molecule has 1 aliphatic rings. The first-order chi connectivity index (χ1) is 8.16. The molecule has 1 aliphatic carbocycles. The summed E-state index contributed by atoms with van der Waals surface area (Å²) in [5.74, 6) is -0.385. The van der Waals surface area contributed by atoms with Crippen molar-refractivity contribution in [2.24, 2.45) is 0 Å². The molecule has 1 heterocycles. The Morgan fingerprint density at radius 1 is 1.53 bits per heavy atom. The molecule has 0 unspecified atom stereocenters. The van der Waals surface area contributed by atoms with Crippen LogP contribution in [0.2, 0.25) is 0 Å². The minimum absolute atomic E-state index is 0.0367. The van der Waals surface area contributed by atoms with Gasteiger partial charge in [0.25, 0.3) is 5.91 Å². The highest BCUT2D eigenvalue weighted by Crippen LogP contribution is 2.18. The molecule has 0 saturated heterocycles. The molecule has 0 bridgehead atoms. The van der Waals surface area contributed by atoms with Gasteiger partial charge in [0.15, 0.2) is 0 Å². The van der Waals surface area contributed by atoms with Crippen LogP contribution in [0.5, 0.6) is 0 Å². The number of H-pyrrole nitrogens is 1. The van der Waals surface area contributed by atoms with Crippen LogP contribution in [0.15, 0.2) is 6.20 Å². The highest BCUT2D eigenvalue weighted by Gasteiger charge is 2.22. The van der Waals surface area contributed by atoms with Gasteiger partial charge in [-0.1, -0.05) is 0 Å². The van der Waals surface area contributed by atoms with E-state index in [1.54, 1.807) is 0 Å². The summed E-state index contributed by atoms with van der Waals surface area (Å²) in [5, 5.41) is 11.6. The largest absolute Gasteiger partial charge is 0.396 e. The number of carbonyl (C=O) groups excluding carboxylic acids is 2. The van der Waals surface area contributed by atoms with Gasteiger partial charge in [-0.3, -0.25) is 14.7 Å². The zero-order valence-electron chi connectivity index (χ0n) is 9.32. The van der Waals surface area contributed by atoms with Gasteiger partial charge in [-0.25, -0.2) is 0 Å². The Balaban J connectivity index is 1.69. The van der Waals surface area contributed by atoms with E-state index in [1.165, 1.54) is 6.20 Å². The van der Waals surface area contributed by atoms with E-state index in [-0.39, 0.29) is 30.5 Å². The van der Waals surface area contributed by atoms with Crippen LogP contribution >= 0.6 is 0 Å². The van der Waals surface area contributed by atoms with Gasteiger partial charge in [0, 0.05) is 19.0 Å². The van der Waals surface area contributed by atoms with Gasteiger partial charge in [0.05, 0.1) is 11.9 Å². The maximum Gasteiger partial charge on any atom is 0.271 e. The second-order valence-corrected chi connectivity index (χ2v) is 4.05. The third kappa shape index (κ3) is 3.20. The Labute approximate surface area is 98.1 Å². The first-order valence-corrected chi connectivity index (χ1v) is 5.53. The lowest BCUT2D eigenvalue weighted by molar-refractivity contribution is -0.121. The summed E-state index contributed by atoms with van der Waals surface area (Å²) < 4.78 is 0. The highest BCUT2D eigenvalue weighted by molar-refractivity contribution is 5.97. The maximum atomic E-state index is 11.5. The van der Waals surface area contributed by atoms with E-state index in [0.717, 1.165) is 12.8 Å². The minimum atomic E-state index is -0.348. The average Bonchev–Trinajstić information content (AvgIpc) is 2.98. The van der Waals surface area contributed by atoms with E-state index in [2.05, 4.69) is 20.8 Å². The van der Waals surface area contributed by atoms with Gasteiger partial charge in [0.1, 0.15) is 5.69 Å². The summed E-state index contributed by atoms with van der Waals surface area (Å²) >= 11 is 0. The molecule has 0 aromatic carbocycles. The van der Waals surface area contributed by atoms with Crippen molar-refractivity contribution in [3.05, 3.63) is 11.9 Å². The van der Waals surface area contributed by atoms with E-state index in [9.17, 15) is 9.59 Å². The van der Waals surface area contributed by atoms with Crippen molar-refractivity contribution < 1.29 is 9.59 Å². The molecular weight excluding hydrogens is 222 g/mol. The van der Waals surface area contributed by atoms with Crippen molar-refractivity contribution in [1.29, 1.82) is 0 Å². The summed E-state index contributed by atoms with van der Waals surface area (Å²) in [5.41, 5.74) is 6.04. The summed E-state index contributed by atoms with van der Waals surface area (Å²) in [4.78, 5) is 22.9. The molecule has 0 radical (unpaired) electrons. The van der Waals surface area contributed by atoms with Crippen LogP contribution in [0.3, 0.4) is 0 Å². The molecule has 1 aromatic rings. The molecule has 17 heavy (non-hydrogen) atoms. The predicted octanol–water partition coefficient (Wildman–Crippen LogP) is -0.610. The highest BCUT2D eigenvalue weighted by atomic mass is 16.2. The van der Waals surface area contributed by atoms with Crippen molar-refractivity contribution >= 4 is 17.5 Å². The van der Waals surface area contributed by atoms with Gasteiger partial charge in [0.2, 0.25) is 5.91 Å². The fourth-order valence-electron chi connectivity index (χ4n) is 1.38. The van der Waals surface area contributed by atoms with Crippen LogP contribution in [-0.2, 0) is 4.79 Å². The predicted molar refractivity (Wildman–Crippen MR) is 61.1 cm³/mol. The normalized spacial score (nSPS) is 14.4. The Morgan fingerprint density at radius 2 is 2.29 bits per heavy atom. The Morgan fingerprint density at radius 3 is 2.88 bits per heavy atom. The molecule has 2 amide bonds. The van der Waals surface area contributed by atoms with Gasteiger partial charge in [-0.05, 0) is 12.8 Å². The van der Waals surface area contributed by atoms with Crippen molar-refractivity contribution in [1.82, 2.24) is 20.8 Å². The first-order valence-electron chi connectivity index (χ1n) is 5.53. The van der Waals surface area contributed by atoms with Crippen molar-refractivity contribution in [3.8, 4) is 0 Å². The van der Waals surface area contributed by atoms with Gasteiger partial charge in [-0.15, -0.1) is 0 Å². The van der Waals surface area contributed by atoms with Gasteiger partial charge in [-0.2, -0.15) is 5.10 Å². The van der Waals surface area contributed by atoms with Crippen LogP contribution in [0, 0.1) is 0 Å². The number of nitrogens with two attached hydrogens (primary N) is 1. The number of amides is 2.